The molecule has 2 heterocycles. The summed E-state index contributed by atoms with van der Waals surface area (Å²) in [5.74, 6) is 2.48. The van der Waals surface area contributed by atoms with Crippen LogP contribution < -0.4 is 15.8 Å². The zero-order chi connectivity index (χ0) is 23.3. The number of rotatable bonds is 7. The third kappa shape index (κ3) is 4.22. The average Bonchev–Trinajstić information content (AvgIpc) is 3.28. The Balaban J connectivity index is 1.45. The van der Waals surface area contributed by atoms with Crippen molar-refractivity contribution in [3.05, 3.63) is 103 Å². The van der Waals surface area contributed by atoms with Crippen LogP contribution in [0.25, 0.3) is 27.6 Å². The number of nitrogens with one attached hydrogen (secondary N) is 3. The molecule has 5 rings (SSSR count). The molecule has 34 heavy (non-hydrogen) atoms. The van der Waals surface area contributed by atoms with E-state index in [9.17, 15) is 0 Å². The van der Waals surface area contributed by atoms with Crippen LogP contribution in [0.3, 0.4) is 0 Å². The molecule has 0 aliphatic carbocycles. The summed E-state index contributed by atoms with van der Waals surface area (Å²) in [6.45, 7) is 0. The maximum Gasteiger partial charge on any atom is 0.156 e. The molecule has 0 aliphatic heterocycles. The van der Waals surface area contributed by atoms with Gasteiger partial charge in [0.1, 0.15) is 17.0 Å². The van der Waals surface area contributed by atoms with E-state index in [2.05, 4.69) is 20.5 Å². The summed E-state index contributed by atoms with van der Waals surface area (Å²) in [6.07, 6.45) is 4.81. The summed E-state index contributed by atoms with van der Waals surface area (Å²) < 4.78 is 5.89. The van der Waals surface area contributed by atoms with Crippen molar-refractivity contribution in [2.45, 2.75) is 0 Å². The second-order valence-corrected chi connectivity index (χ2v) is 7.57. The maximum absolute atomic E-state index is 7.76. The molecule has 0 fully saturated rings. The summed E-state index contributed by atoms with van der Waals surface area (Å²) in [6, 6.07) is 27.1. The first-order chi connectivity index (χ1) is 16.7. The monoisotopic (exact) mass is 446 g/mol. The van der Waals surface area contributed by atoms with Gasteiger partial charge in [-0.15, -0.1) is 0 Å². The first kappa shape index (κ1) is 21.0. The number of anilines is 2. The highest BCUT2D eigenvalue weighted by Gasteiger charge is 2.15. The van der Waals surface area contributed by atoms with Gasteiger partial charge in [-0.05, 0) is 35.4 Å². The number of nitrogen functional groups attached to an aromatic ring is 1. The van der Waals surface area contributed by atoms with Crippen LogP contribution >= 0.6 is 0 Å². The van der Waals surface area contributed by atoms with Gasteiger partial charge in [0, 0.05) is 29.7 Å². The highest BCUT2D eigenvalue weighted by molar-refractivity contribution is 6.09. The molecule has 5 aromatic rings. The van der Waals surface area contributed by atoms with E-state index in [1.165, 1.54) is 6.21 Å². The number of aromatic amines is 1. The molecular weight excluding hydrogens is 424 g/mol. The minimum atomic E-state index is 0.388. The van der Waals surface area contributed by atoms with E-state index in [1.807, 2.05) is 84.9 Å². The first-order valence-corrected chi connectivity index (χ1v) is 10.7. The molecule has 0 amide bonds. The maximum atomic E-state index is 7.76. The molecular formula is C27H22N6O. The summed E-state index contributed by atoms with van der Waals surface area (Å²) in [4.78, 5) is 4.60. The Morgan fingerprint density at radius 3 is 2.29 bits per heavy atom. The van der Waals surface area contributed by atoms with E-state index in [0.29, 0.717) is 17.2 Å². The molecule has 0 unspecified atom stereocenters. The Kier molecular flexibility index (Phi) is 5.73. The number of hydrogen-bond acceptors (Lipinski definition) is 6. The highest BCUT2D eigenvalue weighted by atomic mass is 16.5. The van der Waals surface area contributed by atoms with E-state index in [1.54, 1.807) is 12.4 Å². The van der Waals surface area contributed by atoms with E-state index >= 15 is 0 Å². The molecule has 2 aromatic heterocycles. The van der Waals surface area contributed by atoms with Gasteiger partial charge >= 0.3 is 0 Å². The minimum Gasteiger partial charge on any atom is -0.457 e. The van der Waals surface area contributed by atoms with Crippen molar-refractivity contribution >= 4 is 34.3 Å². The number of allylic oxidation sites excluding steroid dienone is 1. The van der Waals surface area contributed by atoms with Crippen molar-refractivity contribution in [1.82, 2.24) is 15.2 Å². The second-order valence-electron chi connectivity index (χ2n) is 7.57. The van der Waals surface area contributed by atoms with Gasteiger partial charge in [0.2, 0.25) is 0 Å². The zero-order valence-electron chi connectivity index (χ0n) is 18.2. The minimum absolute atomic E-state index is 0.388. The van der Waals surface area contributed by atoms with Crippen LogP contribution in [0.5, 0.6) is 11.5 Å². The number of ether oxygens (including phenoxy) is 1. The molecule has 0 aliphatic rings. The fourth-order valence-electron chi connectivity index (χ4n) is 3.70. The van der Waals surface area contributed by atoms with Crippen molar-refractivity contribution < 1.29 is 4.74 Å². The Labute approximate surface area is 196 Å². The topological polar surface area (TPSA) is 113 Å². The number of aromatic nitrogens is 3. The van der Waals surface area contributed by atoms with Crippen molar-refractivity contribution in [1.29, 1.82) is 5.41 Å². The Hall–Kier alpha value is -4.91. The quantitative estimate of drug-likeness (QED) is 0.226. The number of fused-ring (bicyclic) bond motifs is 1. The van der Waals surface area contributed by atoms with E-state index < -0.39 is 0 Å². The predicted octanol–water partition coefficient (Wildman–Crippen LogP) is 6.10. The fourth-order valence-corrected chi connectivity index (χ4v) is 3.70. The van der Waals surface area contributed by atoms with Gasteiger partial charge in [0.05, 0.1) is 5.39 Å². The molecule has 5 N–H and O–H groups in total. The van der Waals surface area contributed by atoms with Gasteiger partial charge in [0.15, 0.2) is 11.6 Å². The lowest BCUT2D eigenvalue weighted by Crippen LogP contribution is -1.97. The van der Waals surface area contributed by atoms with Crippen LogP contribution in [0.15, 0.2) is 97.3 Å². The van der Waals surface area contributed by atoms with E-state index in [0.717, 1.165) is 39.1 Å². The zero-order valence-corrected chi connectivity index (χ0v) is 18.2. The summed E-state index contributed by atoms with van der Waals surface area (Å²) >= 11 is 0. The second kappa shape index (κ2) is 9.30. The van der Waals surface area contributed by atoms with Crippen molar-refractivity contribution in [2.24, 2.45) is 0 Å². The molecule has 166 valence electrons. The SMILES string of the molecule is N=C/C(=C\Nc1ncc(-c2ccc(Oc3ccccc3)cc2)c2c(N)n[nH]c12)c1ccccc1. The molecule has 3 aromatic carbocycles. The number of nitrogens with zero attached hydrogens (tertiary/aromatic N) is 2. The molecule has 0 saturated carbocycles. The summed E-state index contributed by atoms with van der Waals surface area (Å²) in [5.41, 5.74) is 10.4. The summed E-state index contributed by atoms with van der Waals surface area (Å²) in [7, 11) is 0. The number of para-hydroxylation sites is 1. The Morgan fingerprint density at radius 2 is 1.59 bits per heavy atom. The van der Waals surface area contributed by atoms with Crippen molar-refractivity contribution in [2.75, 3.05) is 11.1 Å². The van der Waals surface area contributed by atoms with Crippen LogP contribution in [-0.2, 0) is 0 Å². The normalized spacial score (nSPS) is 11.4. The fraction of sp³-hybridized carbons (Fsp3) is 0. The van der Waals surface area contributed by atoms with E-state index in [4.69, 9.17) is 15.9 Å². The van der Waals surface area contributed by atoms with Crippen LogP contribution in [0.1, 0.15) is 5.56 Å². The third-order valence-electron chi connectivity index (χ3n) is 5.39. The van der Waals surface area contributed by atoms with Crippen LogP contribution in [-0.4, -0.2) is 21.4 Å². The Bertz CT molecular complexity index is 1460. The lowest BCUT2D eigenvalue weighted by Gasteiger charge is -2.10. The molecule has 0 atom stereocenters. The van der Waals surface area contributed by atoms with Crippen LogP contribution in [0.2, 0.25) is 0 Å². The molecule has 0 bridgehead atoms. The number of pyridine rings is 1. The van der Waals surface area contributed by atoms with Crippen LogP contribution in [0, 0.1) is 5.41 Å². The Morgan fingerprint density at radius 1 is 0.912 bits per heavy atom. The third-order valence-corrected chi connectivity index (χ3v) is 5.39. The van der Waals surface area contributed by atoms with Gasteiger partial charge in [-0.1, -0.05) is 60.7 Å². The van der Waals surface area contributed by atoms with Crippen molar-refractivity contribution in [3.8, 4) is 22.6 Å². The lowest BCUT2D eigenvalue weighted by molar-refractivity contribution is 0.483. The standard InChI is InChI=1S/C27H22N6O/c28-15-20(18-7-3-1-4-8-18)16-30-27-25-24(26(29)33-32-25)23(17-31-27)19-11-13-22(14-12-19)34-21-9-5-2-6-10-21/h1-17,28H,(H,30,31)(H3,29,32,33)/b20-16+,28-15?. The predicted molar refractivity (Wildman–Crippen MR) is 137 cm³/mol. The average molecular weight is 447 g/mol. The lowest BCUT2D eigenvalue weighted by atomic mass is 10.0. The van der Waals surface area contributed by atoms with Gasteiger partial charge in [-0.3, -0.25) is 5.10 Å². The number of nitrogens with two attached hydrogens (primary N) is 1. The summed E-state index contributed by atoms with van der Waals surface area (Å²) in [5, 5.41) is 18.9. The van der Waals surface area contributed by atoms with Gasteiger partial charge in [-0.25, -0.2) is 4.98 Å². The van der Waals surface area contributed by atoms with E-state index in [-0.39, 0.29) is 0 Å². The van der Waals surface area contributed by atoms with Gasteiger partial charge in [0.25, 0.3) is 0 Å². The molecule has 7 nitrogen and oxygen atoms in total. The highest BCUT2D eigenvalue weighted by Crippen LogP contribution is 2.35. The number of benzene rings is 3. The molecule has 0 saturated heterocycles. The van der Waals surface area contributed by atoms with Gasteiger partial charge in [-0.2, -0.15) is 5.10 Å². The smallest absolute Gasteiger partial charge is 0.156 e. The first-order valence-electron chi connectivity index (χ1n) is 10.7. The number of hydrogen-bond donors (Lipinski definition) is 4. The largest absolute Gasteiger partial charge is 0.457 e. The van der Waals surface area contributed by atoms with Gasteiger partial charge < -0.3 is 21.2 Å². The molecule has 7 heteroatoms. The number of H-pyrrole nitrogens is 1. The van der Waals surface area contributed by atoms with Crippen molar-refractivity contribution in [3.63, 3.8) is 0 Å². The molecule has 0 radical (unpaired) electrons. The molecule has 0 spiro atoms. The van der Waals surface area contributed by atoms with Crippen LogP contribution in [0.4, 0.5) is 11.6 Å².